The van der Waals surface area contributed by atoms with E-state index in [9.17, 15) is 10.2 Å². The first-order valence-electron chi connectivity index (χ1n) is 10.8. The van der Waals surface area contributed by atoms with Gasteiger partial charge in [0.05, 0.1) is 0 Å². The van der Waals surface area contributed by atoms with Gasteiger partial charge in [0.1, 0.15) is 11.5 Å². The molecular formula is C29H29O2P. The van der Waals surface area contributed by atoms with Gasteiger partial charge in [-0.25, -0.2) is 0 Å². The highest BCUT2D eigenvalue weighted by Crippen LogP contribution is 2.30. The van der Waals surface area contributed by atoms with E-state index >= 15 is 0 Å². The Balaban J connectivity index is 0.00000141. The Morgan fingerprint density at radius 3 is 1.75 bits per heavy atom. The fraction of sp³-hybridized carbons (Fsp3) is 0.103. The molecule has 0 aliphatic heterocycles. The van der Waals surface area contributed by atoms with Crippen molar-refractivity contribution in [3.05, 3.63) is 102 Å². The van der Waals surface area contributed by atoms with Crippen LogP contribution in [0.1, 0.15) is 30.5 Å². The van der Waals surface area contributed by atoms with Crippen molar-refractivity contribution in [3.8, 4) is 33.8 Å². The maximum Gasteiger partial charge on any atom is 0.130 e. The van der Waals surface area contributed by atoms with Gasteiger partial charge in [-0.3, -0.25) is 0 Å². The summed E-state index contributed by atoms with van der Waals surface area (Å²) in [5.74, 6) is 0.526. The van der Waals surface area contributed by atoms with Gasteiger partial charge in [0, 0.05) is 10.9 Å². The summed E-state index contributed by atoms with van der Waals surface area (Å²) in [6, 6.07) is 27.6. The Bertz CT molecular complexity index is 1190. The van der Waals surface area contributed by atoms with E-state index in [1.807, 2.05) is 74.5 Å². The van der Waals surface area contributed by atoms with Gasteiger partial charge in [0.15, 0.2) is 0 Å². The van der Waals surface area contributed by atoms with Gasteiger partial charge in [-0.2, -0.15) is 0 Å². The lowest BCUT2D eigenvalue weighted by molar-refractivity contribution is 0.475. The van der Waals surface area contributed by atoms with E-state index in [1.54, 1.807) is 12.1 Å². The van der Waals surface area contributed by atoms with Crippen molar-refractivity contribution in [2.75, 3.05) is 0 Å². The van der Waals surface area contributed by atoms with Crippen molar-refractivity contribution in [2.45, 2.75) is 20.8 Å². The molecule has 0 amide bonds. The molecular weight excluding hydrogens is 411 g/mol. The molecule has 3 heteroatoms. The second-order valence-electron chi connectivity index (χ2n) is 7.33. The average molecular weight is 441 g/mol. The maximum atomic E-state index is 10.7. The fourth-order valence-electron chi connectivity index (χ4n) is 3.37. The maximum absolute atomic E-state index is 10.7. The molecule has 0 radical (unpaired) electrons. The van der Waals surface area contributed by atoms with Gasteiger partial charge < -0.3 is 10.2 Å². The van der Waals surface area contributed by atoms with E-state index in [0.717, 1.165) is 38.7 Å². The van der Waals surface area contributed by atoms with Crippen LogP contribution < -0.4 is 5.30 Å². The molecule has 4 aromatic rings. The topological polar surface area (TPSA) is 40.5 Å². The van der Waals surface area contributed by atoms with Crippen LogP contribution >= 0.6 is 9.24 Å². The van der Waals surface area contributed by atoms with Gasteiger partial charge in [-0.15, -0.1) is 9.24 Å². The molecule has 2 N–H and O–H groups in total. The van der Waals surface area contributed by atoms with Crippen LogP contribution in [0.2, 0.25) is 0 Å². The van der Waals surface area contributed by atoms with E-state index in [2.05, 4.69) is 40.4 Å². The third-order valence-corrected chi connectivity index (χ3v) is 5.76. The highest BCUT2D eigenvalue weighted by molar-refractivity contribution is 7.28. The lowest BCUT2D eigenvalue weighted by Gasteiger charge is -2.11. The van der Waals surface area contributed by atoms with E-state index in [4.69, 9.17) is 0 Å². The number of phenolic OH excluding ortho intramolecular Hbond substituents is 2. The second kappa shape index (κ2) is 10.8. The Morgan fingerprint density at radius 1 is 0.625 bits per heavy atom. The van der Waals surface area contributed by atoms with Crippen LogP contribution in [0.3, 0.4) is 0 Å². The lowest BCUT2D eigenvalue weighted by Crippen LogP contribution is -1.99. The Kier molecular flexibility index (Phi) is 7.87. The molecule has 1 unspecified atom stereocenters. The SMILES string of the molecule is CC.Cc1ccc(/C=C/c2ccc(-c3ccc(-c4ccc(O)cc4)cc3)c(P)c2O)cc1. The van der Waals surface area contributed by atoms with Crippen molar-refractivity contribution in [1.29, 1.82) is 0 Å². The minimum absolute atomic E-state index is 0.259. The predicted molar refractivity (Wildman–Crippen MR) is 141 cm³/mol. The van der Waals surface area contributed by atoms with Crippen LogP contribution in [0.25, 0.3) is 34.4 Å². The molecule has 0 fully saturated rings. The van der Waals surface area contributed by atoms with Gasteiger partial charge >= 0.3 is 0 Å². The second-order valence-corrected chi connectivity index (χ2v) is 7.91. The largest absolute Gasteiger partial charge is 0.508 e. The fourth-order valence-corrected chi connectivity index (χ4v) is 3.80. The van der Waals surface area contributed by atoms with E-state index in [-0.39, 0.29) is 11.5 Å². The number of hydrogen-bond acceptors (Lipinski definition) is 2. The van der Waals surface area contributed by atoms with E-state index in [1.165, 1.54) is 5.56 Å². The summed E-state index contributed by atoms with van der Waals surface area (Å²) in [7, 11) is 2.66. The van der Waals surface area contributed by atoms with Crippen molar-refractivity contribution in [2.24, 2.45) is 0 Å². The zero-order valence-corrected chi connectivity index (χ0v) is 19.9. The zero-order valence-electron chi connectivity index (χ0n) is 18.7. The molecule has 162 valence electrons. The first kappa shape index (κ1) is 23.3. The summed E-state index contributed by atoms with van der Waals surface area (Å²) >= 11 is 0. The average Bonchev–Trinajstić information content (AvgIpc) is 2.83. The summed E-state index contributed by atoms with van der Waals surface area (Å²) in [6.07, 6.45) is 3.94. The van der Waals surface area contributed by atoms with Crippen molar-refractivity contribution in [1.82, 2.24) is 0 Å². The molecule has 4 rings (SSSR count). The monoisotopic (exact) mass is 440 g/mol. The van der Waals surface area contributed by atoms with Crippen LogP contribution in [-0.2, 0) is 0 Å². The minimum Gasteiger partial charge on any atom is -0.508 e. The normalized spacial score (nSPS) is 10.6. The van der Waals surface area contributed by atoms with Crippen LogP contribution in [0.4, 0.5) is 0 Å². The molecule has 0 saturated carbocycles. The third-order valence-electron chi connectivity index (χ3n) is 5.18. The number of aryl methyl sites for hydroxylation is 1. The van der Waals surface area contributed by atoms with Gasteiger partial charge in [0.25, 0.3) is 0 Å². The molecule has 32 heavy (non-hydrogen) atoms. The highest BCUT2D eigenvalue weighted by atomic mass is 31.0. The van der Waals surface area contributed by atoms with Crippen LogP contribution in [0, 0.1) is 6.92 Å². The predicted octanol–water partition coefficient (Wildman–Crippen LogP) is 7.44. The quantitative estimate of drug-likeness (QED) is 0.256. The first-order valence-corrected chi connectivity index (χ1v) is 11.3. The highest BCUT2D eigenvalue weighted by Gasteiger charge is 2.10. The number of aromatic hydroxyl groups is 2. The number of rotatable bonds is 4. The molecule has 0 aliphatic carbocycles. The summed E-state index contributed by atoms with van der Waals surface area (Å²) in [5, 5.41) is 21.0. The lowest BCUT2D eigenvalue weighted by atomic mass is 9.98. The molecule has 4 aromatic carbocycles. The standard InChI is InChI=1S/C27H23O2P.C2H6/c1-18-2-4-19(5-3-18)6-7-23-14-17-25(27(30)26(23)29)22-10-8-20(9-11-22)21-12-15-24(28)16-13-21;1-2/h2-17,28-29H,30H2,1H3;1-2H3/b7-6+;. The molecule has 0 aromatic heterocycles. The van der Waals surface area contributed by atoms with Gasteiger partial charge in [-0.05, 0) is 46.9 Å². The van der Waals surface area contributed by atoms with Crippen LogP contribution in [0.15, 0.2) is 84.9 Å². The van der Waals surface area contributed by atoms with Crippen molar-refractivity contribution < 1.29 is 10.2 Å². The molecule has 0 spiro atoms. The Labute approximate surface area is 193 Å². The molecule has 1 atom stereocenters. The molecule has 0 heterocycles. The van der Waals surface area contributed by atoms with Crippen molar-refractivity contribution >= 4 is 26.7 Å². The summed E-state index contributed by atoms with van der Waals surface area (Å²) < 4.78 is 0. The summed E-state index contributed by atoms with van der Waals surface area (Å²) in [6.45, 7) is 6.07. The summed E-state index contributed by atoms with van der Waals surface area (Å²) in [5.41, 5.74) is 7.23. The minimum atomic E-state index is 0.259. The Morgan fingerprint density at radius 2 is 1.16 bits per heavy atom. The number of benzene rings is 4. The van der Waals surface area contributed by atoms with E-state index in [0.29, 0.717) is 0 Å². The molecule has 0 bridgehead atoms. The molecule has 0 saturated heterocycles. The molecule has 0 aliphatic rings. The third kappa shape index (κ3) is 5.46. The number of phenols is 2. The smallest absolute Gasteiger partial charge is 0.130 e. The van der Waals surface area contributed by atoms with Crippen molar-refractivity contribution in [3.63, 3.8) is 0 Å². The first-order chi connectivity index (χ1) is 15.5. The zero-order chi connectivity index (χ0) is 23.1. The summed E-state index contributed by atoms with van der Waals surface area (Å²) in [4.78, 5) is 0. The van der Waals surface area contributed by atoms with Gasteiger partial charge in [-0.1, -0.05) is 104 Å². The van der Waals surface area contributed by atoms with Gasteiger partial charge in [0.2, 0.25) is 0 Å². The van der Waals surface area contributed by atoms with Crippen LogP contribution in [0.5, 0.6) is 11.5 Å². The molecule has 2 nitrogen and oxygen atoms in total. The van der Waals surface area contributed by atoms with E-state index < -0.39 is 0 Å². The van der Waals surface area contributed by atoms with Crippen LogP contribution in [-0.4, -0.2) is 10.2 Å². The number of hydrogen-bond donors (Lipinski definition) is 2. The Hall–Kier alpha value is -3.35.